The first-order valence-electron chi connectivity index (χ1n) is 13.5. The smallest absolute Gasteiger partial charge is 0.244 e. The molecular formula is C32H41N3O4S. The molecule has 0 heterocycles. The Morgan fingerprint density at radius 1 is 0.875 bits per heavy atom. The molecule has 0 saturated carbocycles. The summed E-state index contributed by atoms with van der Waals surface area (Å²) < 4.78 is 26.9. The standard InChI is InChI=1S/C32H41N3O4S/c1-7-25-16-18-28(19-17-25)35(40(6,38)39)23-30(36)34(22-27-15-11-12-24(2)20-27)29(31(37)33-32(3,4)5)21-26-13-9-8-10-14-26/h8-20,29H,7,21-23H2,1-6H3,(H,33,37)/t29-/m0/s1. The molecule has 1 N–H and O–H groups in total. The molecule has 8 heteroatoms. The summed E-state index contributed by atoms with van der Waals surface area (Å²) in [4.78, 5) is 29.4. The number of benzene rings is 3. The van der Waals surface area contributed by atoms with E-state index in [4.69, 9.17) is 0 Å². The van der Waals surface area contributed by atoms with E-state index in [2.05, 4.69) is 5.32 Å². The molecule has 0 bridgehead atoms. The third-order valence-electron chi connectivity index (χ3n) is 6.52. The van der Waals surface area contributed by atoms with Crippen LogP contribution < -0.4 is 9.62 Å². The molecule has 0 saturated heterocycles. The maximum atomic E-state index is 14.1. The molecule has 0 aliphatic rings. The average Bonchev–Trinajstić information content (AvgIpc) is 2.88. The molecule has 7 nitrogen and oxygen atoms in total. The maximum absolute atomic E-state index is 14.1. The largest absolute Gasteiger partial charge is 0.350 e. The van der Waals surface area contributed by atoms with Crippen molar-refractivity contribution < 1.29 is 18.0 Å². The Balaban J connectivity index is 2.06. The molecule has 2 amide bonds. The summed E-state index contributed by atoms with van der Waals surface area (Å²) in [7, 11) is -3.79. The highest BCUT2D eigenvalue weighted by atomic mass is 32.2. The Morgan fingerprint density at radius 3 is 2.05 bits per heavy atom. The molecule has 3 aromatic carbocycles. The van der Waals surface area contributed by atoms with E-state index in [0.717, 1.165) is 39.2 Å². The van der Waals surface area contributed by atoms with E-state index in [-0.39, 0.29) is 18.9 Å². The highest BCUT2D eigenvalue weighted by molar-refractivity contribution is 7.92. The van der Waals surface area contributed by atoms with Gasteiger partial charge in [-0.15, -0.1) is 0 Å². The fourth-order valence-electron chi connectivity index (χ4n) is 4.53. The Hall–Kier alpha value is -3.65. The number of sulfonamides is 1. The van der Waals surface area contributed by atoms with Crippen LogP contribution >= 0.6 is 0 Å². The SMILES string of the molecule is CCc1ccc(N(CC(=O)N(Cc2cccc(C)c2)[C@@H](Cc2ccccc2)C(=O)NC(C)(C)C)S(C)(=O)=O)cc1. The second kappa shape index (κ2) is 13.1. The summed E-state index contributed by atoms with van der Waals surface area (Å²) >= 11 is 0. The number of carbonyl (C=O) groups is 2. The zero-order chi connectivity index (χ0) is 29.5. The summed E-state index contributed by atoms with van der Waals surface area (Å²) in [6.07, 6.45) is 2.18. The number of rotatable bonds is 11. The number of hydrogen-bond acceptors (Lipinski definition) is 4. The number of amides is 2. The van der Waals surface area contributed by atoms with Gasteiger partial charge in [0.25, 0.3) is 0 Å². The molecule has 214 valence electrons. The van der Waals surface area contributed by atoms with Crippen LogP contribution in [0.25, 0.3) is 0 Å². The van der Waals surface area contributed by atoms with Crippen molar-refractivity contribution in [3.05, 3.63) is 101 Å². The first kappa shape index (κ1) is 30.9. The summed E-state index contributed by atoms with van der Waals surface area (Å²) in [5.74, 6) is -0.757. The van der Waals surface area contributed by atoms with Crippen LogP contribution in [0.1, 0.15) is 49.9 Å². The zero-order valence-corrected chi connectivity index (χ0v) is 25.2. The van der Waals surface area contributed by atoms with E-state index < -0.39 is 34.1 Å². The highest BCUT2D eigenvalue weighted by Crippen LogP contribution is 2.22. The van der Waals surface area contributed by atoms with Crippen LogP contribution in [0.3, 0.4) is 0 Å². The topological polar surface area (TPSA) is 86.8 Å². The third-order valence-corrected chi connectivity index (χ3v) is 7.66. The van der Waals surface area contributed by atoms with E-state index in [1.54, 1.807) is 12.1 Å². The fourth-order valence-corrected chi connectivity index (χ4v) is 5.38. The molecular weight excluding hydrogens is 522 g/mol. The molecule has 0 aliphatic carbocycles. The molecule has 0 unspecified atom stereocenters. The van der Waals surface area contributed by atoms with Crippen LogP contribution in [0.5, 0.6) is 0 Å². The Labute approximate surface area is 239 Å². The minimum atomic E-state index is -3.79. The Bertz CT molecular complexity index is 1400. The van der Waals surface area contributed by atoms with E-state index in [1.807, 2.05) is 101 Å². The number of carbonyl (C=O) groups excluding carboxylic acids is 2. The molecule has 40 heavy (non-hydrogen) atoms. The van der Waals surface area contributed by atoms with Gasteiger partial charge in [0.15, 0.2) is 0 Å². The van der Waals surface area contributed by atoms with Gasteiger partial charge in [-0.25, -0.2) is 8.42 Å². The first-order chi connectivity index (χ1) is 18.8. The van der Waals surface area contributed by atoms with Crippen LogP contribution in [0.4, 0.5) is 5.69 Å². The van der Waals surface area contributed by atoms with Crippen molar-refractivity contribution in [1.29, 1.82) is 0 Å². The summed E-state index contributed by atoms with van der Waals surface area (Å²) in [6, 6.07) is 23.6. The second-order valence-electron chi connectivity index (χ2n) is 11.2. The minimum Gasteiger partial charge on any atom is -0.350 e. The first-order valence-corrected chi connectivity index (χ1v) is 15.4. The number of anilines is 1. The lowest BCUT2D eigenvalue weighted by Crippen LogP contribution is -2.56. The molecule has 0 aliphatic heterocycles. The van der Waals surface area contributed by atoms with Crippen molar-refractivity contribution in [3.63, 3.8) is 0 Å². The van der Waals surface area contributed by atoms with Crippen LogP contribution in [-0.4, -0.2) is 49.5 Å². The van der Waals surface area contributed by atoms with E-state index in [0.29, 0.717) is 5.69 Å². The van der Waals surface area contributed by atoms with E-state index in [9.17, 15) is 18.0 Å². The lowest BCUT2D eigenvalue weighted by Gasteiger charge is -2.35. The molecule has 0 spiro atoms. The zero-order valence-electron chi connectivity index (χ0n) is 24.3. The summed E-state index contributed by atoms with van der Waals surface area (Å²) in [6.45, 7) is 9.39. The minimum absolute atomic E-state index is 0.155. The van der Waals surface area contributed by atoms with Gasteiger partial charge < -0.3 is 10.2 Å². The van der Waals surface area contributed by atoms with Crippen LogP contribution in [-0.2, 0) is 39.0 Å². The fraction of sp³-hybridized carbons (Fsp3) is 0.375. The molecule has 3 rings (SSSR count). The van der Waals surface area contributed by atoms with Crippen molar-refractivity contribution in [2.24, 2.45) is 0 Å². The molecule has 3 aromatic rings. The molecule has 0 aromatic heterocycles. The van der Waals surface area contributed by atoms with Gasteiger partial charge in [0.2, 0.25) is 21.8 Å². The monoisotopic (exact) mass is 563 g/mol. The van der Waals surface area contributed by atoms with E-state index >= 15 is 0 Å². The predicted molar refractivity (Wildman–Crippen MR) is 162 cm³/mol. The van der Waals surface area contributed by atoms with Crippen LogP contribution in [0, 0.1) is 6.92 Å². The van der Waals surface area contributed by atoms with Crippen molar-refractivity contribution in [1.82, 2.24) is 10.2 Å². The lowest BCUT2D eigenvalue weighted by molar-refractivity contribution is -0.140. The highest BCUT2D eigenvalue weighted by Gasteiger charge is 2.34. The number of aryl methyl sites for hydroxylation is 2. The molecule has 0 radical (unpaired) electrons. The van der Waals surface area contributed by atoms with Gasteiger partial charge in [-0.3, -0.25) is 13.9 Å². The van der Waals surface area contributed by atoms with E-state index in [1.165, 1.54) is 4.90 Å². The number of hydrogen-bond donors (Lipinski definition) is 1. The van der Waals surface area contributed by atoms with Gasteiger partial charge in [0.05, 0.1) is 11.9 Å². The quantitative estimate of drug-likeness (QED) is 0.360. The van der Waals surface area contributed by atoms with Gasteiger partial charge in [0, 0.05) is 18.5 Å². The normalized spacial score (nSPS) is 12.4. The van der Waals surface area contributed by atoms with Gasteiger partial charge in [-0.2, -0.15) is 0 Å². The number of nitrogens with zero attached hydrogens (tertiary/aromatic N) is 2. The molecule has 0 fully saturated rings. The maximum Gasteiger partial charge on any atom is 0.244 e. The van der Waals surface area contributed by atoms with Gasteiger partial charge in [0.1, 0.15) is 12.6 Å². The third kappa shape index (κ3) is 8.95. The van der Waals surface area contributed by atoms with Gasteiger partial charge in [-0.05, 0) is 62.9 Å². The van der Waals surface area contributed by atoms with Crippen molar-refractivity contribution in [2.75, 3.05) is 17.1 Å². The number of nitrogens with one attached hydrogen (secondary N) is 1. The lowest BCUT2D eigenvalue weighted by atomic mass is 10.0. The van der Waals surface area contributed by atoms with Crippen LogP contribution in [0.2, 0.25) is 0 Å². The summed E-state index contributed by atoms with van der Waals surface area (Å²) in [5, 5.41) is 3.04. The Kier molecular flexibility index (Phi) is 10.1. The Morgan fingerprint density at radius 2 is 1.50 bits per heavy atom. The average molecular weight is 564 g/mol. The van der Waals surface area contributed by atoms with Gasteiger partial charge in [-0.1, -0.05) is 79.2 Å². The second-order valence-corrected chi connectivity index (χ2v) is 13.2. The molecule has 1 atom stereocenters. The van der Waals surface area contributed by atoms with Crippen molar-refractivity contribution in [2.45, 2.75) is 65.6 Å². The summed E-state index contributed by atoms with van der Waals surface area (Å²) in [5.41, 5.74) is 3.72. The van der Waals surface area contributed by atoms with Crippen molar-refractivity contribution >= 4 is 27.5 Å². The van der Waals surface area contributed by atoms with Crippen molar-refractivity contribution in [3.8, 4) is 0 Å². The van der Waals surface area contributed by atoms with Crippen LogP contribution in [0.15, 0.2) is 78.9 Å². The predicted octanol–water partition coefficient (Wildman–Crippen LogP) is 4.88. The van der Waals surface area contributed by atoms with Gasteiger partial charge >= 0.3 is 0 Å².